The number of hydrogen-bond acceptors (Lipinski definition) is 7. The number of nitrogens with zero attached hydrogens (tertiary/aromatic N) is 2. The zero-order valence-corrected chi connectivity index (χ0v) is 18.6. The highest BCUT2D eigenvalue weighted by Crippen LogP contribution is 2.40. The number of aromatic amines is 1. The second-order valence-corrected chi connectivity index (χ2v) is 9.78. The average Bonchev–Trinajstić information content (AvgIpc) is 3.36. The molecule has 0 saturated carbocycles. The number of benzene rings is 2. The zero-order valence-electron chi connectivity index (χ0n) is 15.5. The van der Waals surface area contributed by atoms with E-state index in [2.05, 4.69) is 19.9 Å². The molecular formula is C18H14Cl2FN5O3S2. The van der Waals surface area contributed by atoms with E-state index in [0.29, 0.717) is 21.9 Å². The second kappa shape index (κ2) is 8.67. The third-order valence-corrected chi connectivity index (χ3v) is 7.04. The van der Waals surface area contributed by atoms with E-state index in [0.717, 1.165) is 12.1 Å². The van der Waals surface area contributed by atoms with E-state index < -0.39 is 26.9 Å². The van der Waals surface area contributed by atoms with Gasteiger partial charge in [0, 0.05) is 28.0 Å². The summed E-state index contributed by atoms with van der Waals surface area (Å²) < 4.78 is 47.9. The molecule has 0 saturated heterocycles. The van der Waals surface area contributed by atoms with Crippen LogP contribution < -0.4 is 15.2 Å². The fourth-order valence-corrected chi connectivity index (χ4v) is 5.26. The van der Waals surface area contributed by atoms with Crippen molar-refractivity contribution in [2.24, 2.45) is 4.99 Å². The quantitative estimate of drug-likeness (QED) is 0.463. The highest BCUT2D eigenvalue weighted by Gasteiger charge is 2.26. The number of aliphatic imine (C=N–C) groups is 1. The maximum absolute atomic E-state index is 14.7. The summed E-state index contributed by atoms with van der Waals surface area (Å²) in [6, 6.07) is 6.62. The van der Waals surface area contributed by atoms with Crippen LogP contribution in [0.5, 0.6) is 11.5 Å². The number of hydrogen-bond donors (Lipinski definition) is 3. The van der Waals surface area contributed by atoms with Crippen LogP contribution in [0.2, 0.25) is 10.0 Å². The van der Waals surface area contributed by atoms with Gasteiger partial charge in [0.1, 0.15) is 34.2 Å². The minimum absolute atomic E-state index is 0.0850. The molecule has 0 bridgehead atoms. The molecule has 1 atom stereocenters. The van der Waals surface area contributed by atoms with Crippen molar-refractivity contribution in [1.29, 1.82) is 0 Å². The fourth-order valence-electron chi connectivity index (χ4n) is 2.83. The molecule has 1 aliphatic rings. The SMILES string of the molecule is Nc1[nH]ncc1-c1cc(Cl)ccc1Oc1cc(F)c(S(=O)(=O)NC2CSC=N2)cc1Cl. The number of nitrogens with one attached hydrogen (secondary N) is 2. The number of thioether (sulfide) groups is 1. The number of H-pyrrole nitrogens is 1. The smallest absolute Gasteiger partial charge is 0.245 e. The van der Waals surface area contributed by atoms with Crippen LogP contribution in [0.4, 0.5) is 10.2 Å². The van der Waals surface area contributed by atoms with Crippen molar-refractivity contribution >= 4 is 56.4 Å². The van der Waals surface area contributed by atoms with Crippen molar-refractivity contribution in [3.63, 3.8) is 0 Å². The lowest BCUT2D eigenvalue weighted by Gasteiger charge is -2.15. The predicted octanol–water partition coefficient (Wildman–Crippen LogP) is 4.28. The van der Waals surface area contributed by atoms with Crippen molar-refractivity contribution in [3.8, 4) is 22.6 Å². The Morgan fingerprint density at radius 2 is 2.03 bits per heavy atom. The Morgan fingerprint density at radius 1 is 1.23 bits per heavy atom. The van der Waals surface area contributed by atoms with Crippen molar-refractivity contribution in [2.75, 3.05) is 11.5 Å². The molecule has 31 heavy (non-hydrogen) atoms. The van der Waals surface area contributed by atoms with Crippen LogP contribution in [0.3, 0.4) is 0 Å². The van der Waals surface area contributed by atoms with Gasteiger partial charge in [-0.3, -0.25) is 10.1 Å². The summed E-state index contributed by atoms with van der Waals surface area (Å²) >= 11 is 13.7. The molecule has 4 N–H and O–H groups in total. The van der Waals surface area contributed by atoms with Crippen LogP contribution >= 0.6 is 35.0 Å². The van der Waals surface area contributed by atoms with Crippen molar-refractivity contribution in [3.05, 3.63) is 52.4 Å². The molecule has 2 aromatic carbocycles. The first-order valence-electron chi connectivity index (χ1n) is 8.66. The van der Waals surface area contributed by atoms with E-state index in [4.69, 9.17) is 33.7 Å². The summed E-state index contributed by atoms with van der Waals surface area (Å²) in [6.07, 6.45) is 0.822. The molecule has 0 amide bonds. The van der Waals surface area contributed by atoms with Gasteiger partial charge in [0.25, 0.3) is 0 Å². The summed E-state index contributed by atoms with van der Waals surface area (Å²) in [4.78, 5) is 3.35. The second-order valence-electron chi connectivity index (χ2n) is 6.38. The van der Waals surface area contributed by atoms with Gasteiger partial charge in [0.05, 0.1) is 16.8 Å². The zero-order chi connectivity index (χ0) is 22.2. The molecule has 1 aliphatic heterocycles. The number of aromatic nitrogens is 2. The molecule has 2 heterocycles. The standard InChI is InChI=1S/C18H14Cl2FN5O3S2/c19-9-1-2-14(10(3-9)11-6-24-25-18(11)22)29-15-5-13(21)16(4-12(15)20)31(27,28)26-17-7-30-8-23-17/h1-6,8,17,26H,7H2,(H3,22,24,25). The molecule has 3 aromatic rings. The first-order valence-corrected chi connectivity index (χ1v) is 11.9. The topological polar surface area (TPSA) is 122 Å². The number of sulfonamides is 1. The van der Waals surface area contributed by atoms with Gasteiger partial charge in [-0.1, -0.05) is 23.2 Å². The van der Waals surface area contributed by atoms with Crippen LogP contribution in [0.1, 0.15) is 0 Å². The molecule has 0 radical (unpaired) electrons. The van der Waals surface area contributed by atoms with E-state index in [1.807, 2.05) is 0 Å². The van der Waals surface area contributed by atoms with E-state index in [1.165, 1.54) is 23.5 Å². The number of nitrogens with two attached hydrogens (primary N) is 1. The van der Waals surface area contributed by atoms with Gasteiger partial charge in [0.2, 0.25) is 10.0 Å². The largest absolute Gasteiger partial charge is 0.455 e. The van der Waals surface area contributed by atoms with E-state index >= 15 is 0 Å². The third-order valence-electron chi connectivity index (χ3n) is 4.26. The average molecular weight is 502 g/mol. The Morgan fingerprint density at radius 3 is 2.71 bits per heavy atom. The molecule has 0 fully saturated rings. The number of ether oxygens (including phenoxy) is 1. The summed E-state index contributed by atoms with van der Waals surface area (Å²) in [5, 5.41) is 6.79. The Hall–Kier alpha value is -2.31. The Balaban J connectivity index is 1.68. The predicted molar refractivity (Wildman–Crippen MR) is 120 cm³/mol. The monoisotopic (exact) mass is 501 g/mol. The molecule has 4 rings (SSSR count). The maximum atomic E-state index is 14.7. The van der Waals surface area contributed by atoms with E-state index in [9.17, 15) is 12.8 Å². The van der Waals surface area contributed by atoms with Gasteiger partial charge < -0.3 is 10.5 Å². The minimum Gasteiger partial charge on any atom is -0.455 e. The van der Waals surface area contributed by atoms with Crippen molar-refractivity contribution < 1.29 is 17.5 Å². The van der Waals surface area contributed by atoms with Gasteiger partial charge in [-0.25, -0.2) is 12.8 Å². The highest BCUT2D eigenvalue weighted by atomic mass is 35.5. The van der Waals surface area contributed by atoms with Gasteiger partial charge in [-0.2, -0.15) is 9.82 Å². The van der Waals surface area contributed by atoms with E-state index in [-0.39, 0.29) is 22.3 Å². The summed E-state index contributed by atoms with van der Waals surface area (Å²) in [6.45, 7) is 0. The van der Waals surface area contributed by atoms with Crippen LogP contribution in [-0.2, 0) is 10.0 Å². The van der Waals surface area contributed by atoms with Crippen molar-refractivity contribution in [2.45, 2.75) is 11.1 Å². The van der Waals surface area contributed by atoms with Crippen LogP contribution in [0, 0.1) is 5.82 Å². The Bertz CT molecular complexity index is 1280. The molecule has 0 spiro atoms. The lowest BCUT2D eigenvalue weighted by molar-refractivity contribution is 0.475. The highest BCUT2D eigenvalue weighted by molar-refractivity contribution is 8.12. The maximum Gasteiger partial charge on any atom is 0.245 e. The van der Waals surface area contributed by atoms with E-state index in [1.54, 1.807) is 18.2 Å². The minimum atomic E-state index is -4.18. The first-order chi connectivity index (χ1) is 14.7. The number of halogens is 3. The van der Waals surface area contributed by atoms with Gasteiger partial charge in [-0.15, -0.1) is 11.8 Å². The molecule has 1 unspecified atom stereocenters. The Kier molecular flexibility index (Phi) is 6.13. The number of rotatable bonds is 6. The van der Waals surface area contributed by atoms with Crippen molar-refractivity contribution in [1.82, 2.24) is 14.9 Å². The number of nitrogen functional groups attached to an aromatic ring is 1. The van der Waals surface area contributed by atoms with Crippen LogP contribution in [0.15, 0.2) is 46.4 Å². The fraction of sp³-hybridized carbons (Fsp3) is 0.111. The summed E-state index contributed by atoms with van der Waals surface area (Å²) in [5.74, 6) is -0.140. The lowest BCUT2D eigenvalue weighted by atomic mass is 10.1. The Labute approximate surface area is 191 Å². The van der Waals surface area contributed by atoms with Gasteiger partial charge >= 0.3 is 0 Å². The molecule has 0 aliphatic carbocycles. The first kappa shape index (κ1) is 21.9. The molecule has 162 valence electrons. The normalized spacial score (nSPS) is 16.0. The molecular weight excluding hydrogens is 488 g/mol. The molecule has 8 nitrogen and oxygen atoms in total. The number of anilines is 1. The van der Waals surface area contributed by atoms with Gasteiger partial charge in [-0.05, 0) is 24.3 Å². The summed E-state index contributed by atoms with van der Waals surface area (Å²) in [7, 11) is -4.18. The van der Waals surface area contributed by atoms with Gasteiger partial charge in [0.15, 0.2) is 0 Å². The summed E-state index contributed by atoms with van der Waals surface area (Å²) in [5.41, 5.74) is 8.43. The molecule has 1 aromatic heterocycles. The third kappa shape index (κ3) is 4.65. The van der Waals surface area contributed by atoms with Crippen LogP contribution in [0.25, 0.3) is 11.1 Å². The lowest BCUT2D eigenvalue weighted by Crippen LogP contribution is -2.34. The molecule has 13 heteroatoms. The van der Waals surface area contributed by atoms with Crippen LogP contribution in [-0.4, -0.2) is 36.1 Å².